The molecule has 3 heterocycles. The molecule has 2 fully saturated rings. The maximum atomic E-state index is 5.44. The number of nitrogens with zero attached hydrogens (tertiary/aromatic N) is 3. The van der Waals surface area contributed by atoms with Crippen LogP contribution < -0.4 is 10.2 Å². The summed E-state index contributed by atoms with van der Waals surface area (Å²) in [7, 11) is 0. The number of nitrogens with one attached hydrogen (secondary N) is 1. The van der Waals surface area contributed by atoms with Gasteiger partial charge >= 0.3 is 0 Å². The van der Waals surface area contributed by atoms with E-state index in [2.05, 4.69) is 27.3 Å². The van der Waals surface area contributed by atoms with E-state index in [-0.39, 0.29) is 6.04 Å². The van der Waals surface area contributed by atoms with Crippen LogP contribution >= 0.6 is 0 Å². The van der Waals surface area contributed by atoms with Crippen molar-refractivity contribution in [1.82, 2.24) is 15.5 Å². The van der Waals surface area contributed by atoms with Gasteiger partial charge in [0.1, 0.15) is 0 Å². The minimum absolute atomic E-state index is 0.223. The number of hydrogen-bond acceptors (Lipinski definition) is 6. The van der Waals surface area contributed by atoms with Crippen molar-refractivity contribution >= 4 is 5.95 Å². The third-order valence-electron chi connectivity index (χ3n) is 4.11. The van der Waals surface area contributed by atoms with E-state index in [1.54, 1.807) is 0 Å². The van der Waals surface area contributed by atoms with E-state index in [1.165, 1.54) is 12.8 Å². The molecule has 6 heteroatoms. The molecular weight excluding hydrogens is 244 g/mol. The normalized spacial score (nSPS) is 28.6. The quantitative estimate of drug-likeness (QED) is 0.891. The lowest BCUT2D eigenvalue weighted by molar-refractivity contribution is 0.121. The number of hydrogen-bond donors (Lipinski definition) is 1. The Morgan fingerprint density at radius 2 is 2.21 bits per heavy atom. The fourth-order valence-electron chi connectivity index (χ4n) is 2.82. The molecule has 3 rings (SSSR count). The Balaban J connectivity index is 1.66. The zero-order valence-electron chi connectivity index (χ0n) is 11.5. The fourth-order valence-corrected chi connectivity index (χ4v) is 2.82. The molecule has 2 aliphatic rings. The molecule has 19 heavy (non-hydrogen) atoms. The Kier molecular flexibility index (Phi) is 3.98. The van der Waals surface area contributed by atoms with E-state index in [4.69, 9.17) is 9.26 Å². The third-order valence-corrected chi connectivity index (χ3v) is 4.11. The Hall–Kier alpha value is -1.14. The number of piperidine rings is 1. The molecule has 2 atom stereocenters. The highest BCUT2D eigenvalue weighted by Crippen LogP contribution is 2.29. The van der Waals surface area contributed by atoms with Gasteiger partial charge in [-0.2, -0.15) is 4.98 Å². The summed E-state index contributed by atoms with van der Waals surface area (Å²) in [6.45, 7) is 6.45. The van der Waals surface area contributed by atoms with Crippen molar-refractivity contribution in [3.8, 4) is 0 Å². The summed E-state index contributed by atoms with van der Waals surface area (Å²) in [6.07, 6.45) is 3.57. The Bertz CT molecular complexity index is 403. The molecule has 0 aliphatic carbocycles. The van der Waals surface area contributed by atoms with E-state index in [1.807, 2.05) is 0 Å². The van der Waals surface area contributed by atoms with Crippen LogP contribution in [0.1, 0.15) is 38.1 Å². The predicted octanol–water partition coefficient (Wildman–Crippen LogP) is 1.36. The van der Waals surface area contributed by atoms with Gasteiger partial charge in [0.25, 0.3) is 5.95 Å². The summed E-state index contributed by atoms with van der Waals surface area (Å²) in [4.78, 5) is 6.68. The van der Waals surface area contributed by atoms with Crippen molar-refractivity contribution in [2.75, 3.05) is 37.7 Å². The van der Waals surface area contributed by atoms with E-state index in [0.29, 0.717) is 5.95 Å². The van der Waals surface area contributed by atoms with Gasteiger partial charge in [0, 0.05) is 13.1 Å². The first-order chi connectivity index (χ1) is 9.36. The highest BCUT2D eigenvalue weighted by atomic mass is 16.5. The summed E-state index contributed by atoms with van der Waals surface area (Å²) >= 11 is 0. The van der Waals surface area contributed by atoms with E-state index < -0.39 is 0 Å². The lowest BCUT2D eigenvalue weighted by Gasteiger charge is -2.27. The van der Waals surface area contributed by atoms with Gasteiger partial charge < -0.3 is 19.5 Å². The van der Waals surface area contributed by atoms with Gasteiger partial charge in [0.2, 0.25) is 5.89 Å². The van der Waals surface area contributed by atoms with Crippen LogP contribution in [0.4, 0.5) is 5.95 Å². The van der Waals surface area contributed by atoms with Gasteiger partial charge in [-0.25, -0.2) is 0 Å². The summed E-state index contributed by atoms with van der Waals surface area (Å²) in [5.41, 5.74) is 0. The largest absolute Gasteiger partial charge is 0.378 e. The van der Waals surface area contributed by atoms with Crippen LogP contribution in [0.5, 0.6) is 0 Å². The standard InChI is InChI=1S/C13H22N4O2/c1-2-10-3-4-14-11(9-10)12-15-13(16-19-12)17-5-7-18-8-6-17/h10-11,14H,2-9H2,1H3. The smallest absolute Gasteiger partial charge is 0.266 e. The second-order valence-electron chi connectivity index (χ2n) is 5.34. The lowest BCUT2D eigenvalue weighted by atomic mass is 9.90. The van der Waals surface area contributed by atoms with E-state index >= 15 is 0 Å². The summed E-state index contributed by atoms with van der Waals surface area (Å²) in [5.74, 6) is 2.21. The van der Waals surface area contributed by atoms with E-state index in [0.717, 1.165) is 51.1 Å². The van der Waals surface area contributed by atoms with E-state index in [9.17, 15) is 0 Å². The fraction of sp³-hybridized carbons (Fsp3) is 0.846. The SMILES string of the molecule is CCC1CCNC(c2nc(N3CCOCC3)no2)C1. The summed E-state index contributed by atoms with van der Waals surface area (Å²) < 4.78 is 10.8. The number of morpholine rings is 1. The van der Waals surface area contributed by atoms with Crippen LogP contribution in [-0.2, 0) is 4.74 Å². The van der Waals surface area contributed by atoms with Gasteiger partial charge in [-0.1, -0.05) is 13.3 Å². The second-order valence-corrected chi connectivity index (χ2v) is 5.34. The Morgan fingerprint density at radius 3 is 3.00 bits per heavy atom. The predicted molar refractivity (Wildman–Crippen MR) is 71.1 cm³/mol. The summed E-state index contributed by atoms with van der Waals surface area (Å²) in [5, 5.41) is 7.59. The van der Waals surface area contributed by atoms with Gasteiger partial charge in [0.05, 0.1) is 19.3 Å². The lowest BCUT2D eigenvalue weighted by Crippen LogP contribution is -2.37. The molecule has 2 saturated heterocycles. The van der Waals surface area contributed by atoms with Gasteiger partial charge in [-0.15, -0.1) is 0 Å². The zero-order valence-corrected chi connectivity index (χ0v) is 11.5. The average Bonchev–Trinajstić information content (AvgIpc) is 2.98. The van der Waals surface area contributed by atoms with Crippen molar-refractivity contribution in [2.45, 2.75) is 32.2 Å². The molecule has 0 spiro atoms. The van der Waals surface area contributed by atoms with Crippen molar-refractivity contribution in [2.24, 2.45) is 5.92 Å². The van der Waals surface area contributed by atoms with Crippen LogP contribution in [-0.4, -0.2) is 43.0 Å². The molecule has 0 aromatic carbocycles. The molecule has 106 valence electrons. The molecule has 0 bridgehead atoms. The highest BCUT2D eigenvalue weighted by Gasteiger charge is 2.27. The van der Waals surface area contributed by atoms with Crippen molar-refractivity contribution < 1.29 is 9.26 Å². The Morgan fingerprint density at radius 1 is 1.37 bits per heavy atom. The van der Waals surface area contributed by atoms with Crippen LogP contribution in [0.25, 0.3) is 0 Å². The molecule has 6 nitrogen and oxygen atoms in total. The minimum Gasteiger partial charge on any atom is -0.378 e. The highest BCUT2D eigenvalue weighted by molar-refractivity contribution is 5.28. The zero-order chi connectivity index (χ0) is 13.1. The number of ether oxygens (including phenoxy) is 1. The van der Waals surface area contributed by atoms with Gasteiger partial charge in [0.15, 0.2) is 0 Å². The molecule has 1 aromatic heterocycles. The maximum absolute atomic E-state index is 5.44. The first kappa shape index (κ1) is 12.9. The molecule has 2 aliphatic heterocycles. The monoisotopic (exact) mass is 266 g/mol. The molecule has 2 unspecified atom stereocenters. The topological polar surface area (TPSA) is 63.4 Å². The number of rotatable bonds is 3. The maximum Gasteiger partial charge on any atom is 0.266 e. The van der Waals surface area contributed by atoms with Gasteiger partial charge in [-0.05, 0) is 30.5 Å². The molecule has 0 amide bonds. The van der Waals surface area contributed by atoms with Crippen LogP contribution in [0.3, 0.4) is 0 Å². The minimum atomic E-state index is 0.223. The van der Waals surface area contributed by atoms with Crippen molar-refractivity contribution in [3.63, 3.8) is 0 Å². The summed E-state index contributed by atoms with van der Waals surface area (Å²) in [6, 6.07) is 0.223. The van der Waals surface area contributed by atoms with Crippen molar-refractivity contribution in [1.29, 1.82) is 0 Å². The Labute approximate surface area is 113 Å². The molecule has 0 radical (unpaired) electrons. The van der Waals surface area contributed by atoms with Crippen LogP contribution in [0.2, 0.25) is 0 Å². The third kappa shape index (κ3) is 2.90. The van der Waals surface area contributed by atoms with Crippen LogP contribution in [0, 0.1) is 5.92 Å². The molecule has 1 N–H and O–H groups in total. The second kappa shape index (κ2) is 5.88. The first-order valence-electron chi connectivity index (χ1n) is 7.26. The van der Waals surface area contributed by atoms with Crippen LogP contribution in [0.15, 0.2) is 4.52 Å². The van der Waals surface area contributed by atoms with Gasteiger partial charge in [-0.3, -0.25) is 0 Å². The average molecular weight is 266 g/mol. The molecular formula is C13H22N4O2. The number of aromatic nitrogens is 2. The van der Waals surface area contributed by atoms with Crippen molar-refractivity contribution in [3.05, 3.63) is 5.89 Å². The first-order valence-corrected chi connectivity index (χ1v) is 7.26. The molecule has 0 saturated carbocycles. The molecule has 1 aromatic rings. The number of anilines is 1.